The topological polar surface area (TPSA) is 105 Å². The smallest absolute Gasteiger partial charge is 0.356 e. The predicted octanol–water partition coefficient (Wildman–Crippen LogP) is 1.31. The lowest BCUT2D eigenvalue weighted by Gasteiger charge is -1.98. The van der Waals surface area contributed by atoms with Crippen LogP contribution in [-0.2, 0) is 7.05 Å². The van der Waals surface area contributed by atoms with E-state index in [4.69, 9.17) is 0 Å². The Balaban J connectivity index is 2.08. The first-order chi connectivity index (χ1) is 13.0. The zero-order valence-corrected chi connectivity index (χ0v) is 14.2. The maximum atomic E-state index is 12.5. The Labute approximate surface area is 151 Å². The molecule has 0 amide bonds. The molecule has 0 unspecified atom stereocenters. The third kappa shape index (κ3) is 2.10. The number of carbonyl (C=O) groups is 1. The van der Waals surface area contributed by atoms with Crippen molar-refractivity contribution < 1.29 is 9.90 Å². The molecule has 0 atom stereocenters. The quantitative estimate of drug-likeness (QED) is 0.494. The molecule has 2 aromatic carbocycles. The first-order valence-corrected chi connectivity index (χ1v) is 8.22. The van der Waals surface area contributed by atoms with E-state index in [1.165, 1.54) is 6.20 Å². The third-order valence-corrected chi connectivity index (χ3v) is 4.72. The first-order valence-electron chi connectivity index (χ1n) is 8.22. The molecule has 0 bridgehead atoms. The van der Waals surface area contributed by atoms with Gasteiger partial charge in [-0.25, -0.2) is 14.8 Å². The highest BCUT2D eigenvalue weighted by Gasteiger charge is 2.17. The summed E-state index contributed by atoms with van der Waals surface area (Å²) in [4.78, 5) is 35.0. The summed E-state index contributed by atoms with van der Waals surface area (Å²) in [5.41, 5.74) is 0.756. The number of aromatic nitrogens is 5. The Morgan fingerprint density at radius 3 is 2.74 bits per heavy atom. The molecule has 0 aliphatic heterocycles. The molecule has 5 rings (SSSR count). The van der Waals surface area contributed by atoms with E-state index < -0.39 is 11.5 Å². The lowest BCUT2D eigenvalue weighted by Crippen LogP contribution is -2.13. The van der Waals surface area contributed by atoms with E-state index in [2.05, 4.69) is 15.0 Å². The average Bonchev–Trinajstić information content (AvgIpc) is 3.33. The summed E-state index contributed by atoms with van der Waals surface area (Å²) < 4.78 is 3.43. The van der Waals surface area contributed by atoms with E-state index in [1.54, 1.807) is 10.6 Å². The molecule has 0 saturated heterocycles. The molecule has 0 aliphatic rings. The van der Waals surface area contributed by atoms with Gasteiger partial charge in [0.25, 0.3) is 5.56 Å². The number of rotatable bonds is 2. The van der Waals surface area contributed by atoms with Crippen LogP contribution in [0.1, 0.15) is 16.3 Å². The second-order valence-electron chi connectivity index (χ2n) is 6.30. The van der Waals surface area contributed by atoms with Gasteiger partial charge >= 0.3 is 5.97 Å². The number of aromatic amines is 1. The molecule has 0 fully saturated rings. The monoisotopic (exact) mass is 359 g/mol. The summed E-state index contributed by atoms with van der Waals surface area (Å²) in [6.45, 7) is 0. The Hall–Kier alpha value is -3.94. The highest BCUT2D eigenvalue weighted by atomic mass is 16.4. The second-order valence-corrected chi connectivity index (χ2v) is 6.30. The van der Waals surface area contributed by atoms with Gasteiger partial charge in [0.2, 0.25) is 5.65 Å². The Morgan fingerprint density at radius 2 is 2.04 bits per heavy atom. The van der Waals surface area contributed by atoms with Crippen LogP contribution in [0.3, 0.4) is 0 Å². The number of nitrogens with zero attached hydrogens (tertiary/aromatic N) is 4. The molecule has 8 heteroatoms. The van der Waals surface area contributed by atoms with Gasteiger partial charge in [-0.05, 0) is 11.5 Å². The van der Waals surface area contributed by atoms with Gasteiger partial charge < -0.3 is 14.7 Å². The molecule has 0 spiro atoms. The van der Waals surface area contributed by atoms with Crippen molar-refractivity contribution in [3.63, 3.8) is 0 Å². The number of benzene rings is 1. The van der Waals surface area contributed by atoms with Crippen LogP contribution >= 0.6 is 0 Å². The van der Waals surface area contributed by atoms with E-state index in [9.17, 15) is 14.7 Å². The van der Waals surface area contributed by atoms with Crippen LogP contribution in [0.25, 0.3) is 33.5 Å². The number of aromatic carboxylic acids is 1. The lowest BCUT2D eigenvalue weighted by molar-refractivity contribution is 0.0691. The second kappa shape index (κ2) is 5.28. The largest absolute Gasteiger partial charge is 0.476 e. The molecule has 132 valence electrons. The summed E-state index contributed by atoms with van der Waals surface area (Å²) in [5, 5.41) is 11.9. The fourth-order valence-corrected chi connectivity index (χ4v) is 3.48. The van der Waals surface area contributed by atoms with E-state index in [0.717, 1.165) is 21.8 Å². The number of aryl methyl sites for hydroxylation is 1. The van der Waals surface area contributed by atoms with Gasteiger partial charge in [0.05, 0.1) is 11.0 Å². The Morgan fingerprint density at radius 1 is 1.26 bits per heavy atom. The summed E-state index contributed by atoms with van der Waals surface area (Å²) in [6.07, 6.45) is 6.85. The highest BCUT2D eigenvalue weighted by molar-refractivity contribution is 6.10. The Bertz CT molecular complexity index is 1490. The van der Waals surface area contributed by atoms with Crippen molar-refractivity contribution in [2.75, 3.05) is 0 Å². The molecule has 8 nitrogen and oxygen atoms in total. The number of carboxylic acids is 1. The van der Waals surface area contributed by atoms with E-state index in [1.807, 2.05) is 48.2 Å². The van der Waals surface area contributed by atoms with Crippen LogP contribution < -0.4 is 10.8 Å². The maximum Gasteiger partial charge on any atom is 0.356 e. The van der Waals surface area contributed by atoms with Gasteiger partial charge in [-0.1, -0.05) is 24.3 Å². The molecule has 0 saturated carbocycles. The summed E-state index contributed by atoms with van der Waals surface area (Å²) in [7, 11) is 1.89. The van der Waals surface area contributed by atoms with Crippen LogP contribution in [0.5, 0.6) is 0 Å². The maximum absolute atomic E-state index is 12.5. The fraction of sp³-hybridized carbons (Fsp3) is 0.0526. The number of hydrogen-bond donors (Lipinski definition) is 2. The fourth-order valence-electron chi connectivity index (χ4n) is 3.48. The summed E-state index contributed by atoms with van der Waals surface area (Å²) in [6, 6.07) is 7.70. The lowest BCUT2D eigenvalue weighted by atomic mass is 10.2. The zero-order chi connectivity index (χ0) is 18.7. The molecule has 3 heterocycles. The van der Waals surface area contributed by atoms with Crippen LogP contribution in [0.4, 0.5) is 0 Å². The van der Waals surface area contributed by atoms with Crippen LogP contribution in [-0.4, -0.2) is 35.0 Å². The molecule has 0 radical (unpaired) electrons. The van der Waals surface area contributed by atoms with E-state index in [-0.39, 0.29) is 11.3 Å². The van der Waals surface area contributed by atoms with Crippen molar-refractivity contribution in [1.29, 1.82) is 0 Å². The molecule has 3 aromatic heterocycles. The van der Waals surface area contributed by atoms with E-state index >= 15 is 0 Å². The van der Waals surface area contributed by atoms with Crippen LogP contribution in [0, 0.1) is 0 Å². The SMILES string of the molecule is Cn1ccnc1C=c1c2ccccc2c2[nH]c(=O)c3nc(C(=O)O)cn3c12. The minimum absolute atomic E-state index is 0.0460. The molecule has 0 aliphatic carbocycles. The van der Waals surface area contributed by atoms with E-state index in [0.29, 0.717) is 11.0 Å². The van der Waals surface area contributed by atoms with Crippen molar-refractivity contribution in [2.24, 2.45) is 7.05 Å². The third-order valence-electron chi connectivity index (χ3n) is 4.72. The summed E-state index contributed by atoms with van der Waals surface area (Å²) >= 11 is 0. The van der Waals surface area contributed by atoms with Gasteiger partial charge in [0.15, 0.2) is 5.69 Å². The minimum Gasteiger partial charge on any atom is -0.476 e. The highest BCUT2D eigenvalue weighted by Crippen LogP contribution is 2.22. The number of imidazole rings is 2. The van der Waals surface area contributed by atoms with Gasteiger partial charge in [0.1, 0.15) is 5.82 Å². The van der Waals surface area contributed by atoms with Gasteiger partial charge in [-0.2, -0.15) is 0 Å². The number of carboxylic acid groups (broad SMARTS) is 1. The van der Waals surface area contributed by atoms with Crippen LogP contribution in [0.15, 0.2) is 47.7 Å². The number of H-pyrrole nitrogens is 1. The normalized spacial score (nSPS) is 12.6. The molecule has 27 heavy (non-hydrogen) atoms. The van der Waals surface area contributed by atoms with Gasteiger partial charge in [0, 0.05) is 36.2 Å². The average molecular weight is 359 g/mol. The minimum atomic E-state index is -1.18. The van der Waals surface area contributed by atoms with Crippen LogP contribution in [0.2, 0.25) is 0 Å². The predicted molar refractivity (Wildman–Crippen MR) is 99.8 cm³/mol. The standard InChI is InChI=1S/C19H13N5O3/c1-23-7-6-20-14(23)8-12-10-4-2-3-5-11(10)15-16(12)24-9-13(19(26)27)21-17(24)18(25)22-15/h2-9H,1H3,(H,22,25)(H,26,27). The number of nitrogens with one attached hydrogen (secondary N) is 1. The van der Waals surface area contributed by atoms with Gasteiger partial charge in [-0.3, -0.25) is 9.20 Å². The molecular weight excluding hydrogens is 346 g/mol. The Kier molecular flexibility index (Phi) is 3.00. The number of hydrogen-bond acceptors (Lipinski definition) is 4. The molecular formula is C19H13N5O3. The molecule has 2 N–H and O–H groups in total. The van der Waals surface area contributed by atoms with Gasteiger partial charge in [-0.15, -0.1) is 0 Å². The van der Waals surface area contributed by atoms with Crippen molar-refractivity contribution in [3.05, 3.63) is 69.9 Å². The van der Waals surface area contributed by atoms with Crippen molar-refractivity contribution in [2.45, 2.75) is 0 Å². The number of fused-ring (bicyclic) bond motifs is 5. The van der Waals surface area contributed by atoms with Crippen molar-refractivity contribution >= 4 is 39.5 Å². The summed E-state index contributed by atoms with van der Waals surface area (Å²) in [5.74, 6) is -0.442. The first kappa shape index (κ1) is 15.3. The van der Waals surface area contributed by atoms with Crippen molar-refractivity contribution in [1.82, 2.24) is 23.9 Å². The van der Waals surface area contributed by atoms with Crippen molar-refractivity contribution in [3.8, 4) is 0 Å². The molecule has 5 aromatic rings. The zero-order valence-electron chi connectivity index (χ0n) is 14.2.